The van der Waals surface area contributed by atoms with Crippen LogP contribution < -0.4 is 15.2 Å². The Morgan fingerprint density at radius 1 is 1.31 bits per heavy atom. The third-order valence-electron chi connectivity index (χ3n) is 5.29. The number of rotatable bonds is 10. The van der Waals surface area contributed by atoms with Crippen LogP contribution in [0.25, 0.3) is 0 Å². The van der Waals surface area contributed by atoms with Crippen molar-refractivity contribution in [1.82, 2.24) is 14.6 Å². The van der Waals surface area contributed by atoms with Crippen LogP contribution in [0, 0.1) is 4.77 Å². The van der Waals surface area contributed by atoms with E-state index in [1.807, 2.05) is 0 Å². The third-order valence-corrected chi connectivity index (χ3v) is 7.25. The number of nitrogens with one attached hydrogen (secondary N) is 2. The van der Waals surface area contributed by atoms with Crippen molar-refractivity contribution in [2.45, 2.75) is 63.9 Å². The van der Waals surface area contributed by atoms with Gasteiger partial charge in [0, 0.05) is 12.3 Å². The van der Waals surface area contributed by atoms with Gasteiger partial charge in [-0.2, -0.15) is 5.09 Å². The second kappa shape index (κ2) is 11.3. The van der Waals surface area contributed by atoms with E-state index in [1.54, 1.807) is 44.2 Å². The number of aromatic nitrogens is 2. The molecule has 0 saturated carbocycles. The van der Waals surface area contributed by atoms with Crippen molar-refractivity contribution in [2.75, 3.05) is 6.61 Å². The fraction of sp³-hybridized carbons (Fsp3) is 0.500. The summed E-state index contributed by atoms with van der Waals surface area (Å²) >= 11 is 5.14. The number of carbonyl (C=O) groups is 1. The monoisotopic (exact) mass is 543 g/mol. The highest BCUT2D eigenvalue weighted by Gasteiger charge is 2.53. The average Bonchev–Trinajstić information content (AvgIpc) is 3.01. The average molecular weight is 544 g/mol. The van der Waals surface area contributed by atoms with Gasteiger partial charge in [0.2, 0.25) is 0 Å². The molecule has 1 aliphatic heterocycles. The number of esters is 1. The lowest BCUT2D eigenvalue weighted by molar-refractivity contribution is -0.149. The number of hydrogen-bond donors (Lipinski definition) is 4. The van der Waals surface area contributed by atoms with Crippen molar-refractivity contribution >= 4 is 25.9 Å². The van der Waals surface area contributed by atoms with Crippen molar-refractivity contribution in [2.24, 2.45) is 0 Å². The summed E-state index contributed by atoms with van der Waals surface area (Å²) in [7, 11) is -4.22. The molecule has 6 atom stereocenters. The molecule has 14 heteroatoms. The summed E-state index contributed by atoms with van der Waals surface area (Å²) in [5.41, 5.74) is -2.29. The predicted molar refractivity (Wildman–Crippen MR) is 131 cm³/mol. The van der Waals surface area contributed by atoms with Crippen LogP contribution in [0.1, 0.15) is 33.9 Å². The van der Waals surface area contributed by atoms with Gasteiger partial charge in [0.15, 0.2) is 11.0 Å². The molecule has 36 heavy (non-hydrogen) atoms. The maximum absolute atomic E-state index is 13.6. The van der Waals surface area contributed by atoms with E-state index in [2.05, 4.69) is 10.1 Å². The van der Waals surface area contributed by atoms with Gasteiger partial charge < -0.3 is 24.2 Å². The van der Waals surface area contributed by atoms with Crippen LogP contribution in [-0.4, -0.2) is 62.3 Å². The van der Waals surface area contributed by atoms with E-state index in [1.165, 1.54) is 30.7 Å². The number of aliphatic hydroxyl groups is 2. The molecule has 2 heterocycles. The normalized spacial score (nSPS) is 26.4. The second-order valence-corrected chi connectivity index (χ2v) is 10.8. The minimum absolute atomic E-state index is 0.0289. The molecule has 1 fully saturated rings. The van der Waals surface area contributed by atoms with Gasteiger partial charge in [0.05, 0.1) is 12.7 Å². The number of ether oxygens (including phenoxy) is 2. The Morgan fingerprint density at radius 2 is 1.97 bits per heavy atom. The molecule has 0 spiro atoms. The van der Waals surface area contributed by atoms with Crippen LogP contribution in [-0.2, 0) is 23.4 Å². The summed E-state index contributed by atoms with van der Waals surface area (Å²) in [6, 6.07) is 8.29. The van der Waals surface area contributed by atoms with Crippen LogP contribution in [0.5, 0.6) is 5.75 Å². The van der Waals surface area contributed by atoms with Gasteiger partial charge in [-0.25, -0.2) is 4.57 Å². The Kier molecular flexibility index (Phi) is 8.88. The Hall–Kier alpha value is -2.38. The van der Waals surface area contributed by atoms with E-state index in [4.69, 9.17) is 30.7 Å². The lowest BCUT2D eigenvalue weighted by Gasteiger charge is -2.28. The molecule has 198 valence electrons. The van der Waals surface area contributed by atoms with Crippen molar-refractivity contribution in [1.29, 1.82) is 0 Å². The predicted octanol–water partition coefficient (Wildman–Crippen LogP) is 2.05. The molecule has 3 rings (SSSR count). The van der Waals surface area contributed by atoms with E-state index in [0.29, 0.717) is 0 Å². The summed E-state index contributed by atoms with van der Waals surface area (Å²) in [6.07, 6.45) is -2.93. The molecule has 0 radical (unpaired) electrons. The zero-order chi connectivity index (χ0) is 26.7. The SMILES string of the molecule is CC(C)OC(=O)[C@H](C)NP(=O)(OCC1O[C@@H](n2ccc(=O)[nH]c2=S)[C@](C)(O)C1O)Oc1ccccc1. The Bertz CT molecular complexity index is 1220. The van der Waals surface area contributed by atoms with E-state index in [9.17, 15) is 24.4 Å². The van der Waals surface area contributed by atoms with Gasteiger partial charge in [0.1, 0.15) is 29.6 Å². The molecule has 1 aromatic carbocycles. The molecule has 1 aliphatic rings. The lowest BCUT2D eigenvalue weighted by Crippen LogP contribution is -2.45. The number of hydrogen-bond acceptors (Lipinski definition) is 10. The van der Waals surface area contributed by atoms with Gasteiger partial charge in [-0.3, -0.25) is 23.7 Å². The minimum atomic E-state index is -4.22. The minimum Gasteiger partial charge on any atom is -0.462 e. The molecule has 4 N–H and O–H groups in total. The molecule has 0 amide bonds. The third kappa shape index (κ3) is 6.68. The van der Waals surface area contributed by atoms with Gasteiger partial charge in [0.25, 0.3) is 5.56 Å². The number of carbonyl (C=O) groups excluding carboxylic acids is 1. The first kappa shape index (κ1) is 28.2. The fourth-order valence-corrected chi connectivity index (χ4v) is 5.25. The highest BCUT2D eigenvalue weighted by Crippen LogP contribution is 2.47. The Morgan fingerprint density at radius 3 is 2.58 bits per heavy atom. The number of benzene rings is 1. The molecular weight excluding hydrogens is 513 g/mol. The van der Waals surface area contributed by atoms with Crippen LogP contribution in [0.4, 0.5) is 0 Å². The van der Waals surface area contributed by atoms with Gasteiger partial charge in [-0.05, 0) is 52.0 Å². The summed E-state index contributed by atoms with van der Waals surface area (Å²) in [6.45, 7) is 5.63. The van der Waals surface area contributed by atoms with Crippen molar-refractivity contribution in [3.63, 3.8) is 0 Å². The maximum atomic E-state index is 13.6. The zero-order valence-electron chi connectivity index (χ0n) is 20.2. The molecular formula is C22H30N3O9PS. The highest BCUT2D eigenvalue weighted by molar-refractivity contribution is 7.71. The number of aliphatic hydroxyl groups excluding tert-OH is 1. The van der Waals surface area contributed by atoms with Gasteiger partial charge >= 0.3 is 13.7 Å². The molecule has 0 aliphatic carbocycles. The van der Waals surface area contributed by atoms with Crippen LogP contribution in [0.3, 0.4) is 0 Å². The van der Waals surface area contributed by atoms with Crippen LogP contribution >= 0.6 is 20.0 Å². The molecule has 1 aromatic heterocycles. The quantitative estimate of drug-likeness (QED) is 0.197. The number of aromatic amines is 1. The van der Waals surface area contributed by atoms with E-state index >= 15 is 0 Å². The van der Waals surface area contributed by atoms with Crippen LogP contribution in [0.2, 0.25) is 0 Å². The Labute approximate surface area is 212 Å². The van der Waals surface area contributed by atoms with E-state index in [-0.39, 0.29) is 10.5 Å². The summed E-state index contributed by atoms with van der Waals surface area (Å²) < 4.78 is 37.0. The first-order valence-corrected chi connectivity index (χ1v) is 13.1. The van der Waals surface area contributed by atoms with E-state index < -0.39 is 62.1 Å². The number of nitrogens with zero attached hydrogens (tertiary/aromatic N) is 1. The second-order valence-electron chi connectivity index (χ2n) is 8.75. The summed E-state index contributed by atoms with van der Waals surface area (Å²) in [5, 5.41) is 24.2. The van der Waals surface area contributed by atoms with Crippen molar-refractivity contribution in [3.8, 4) is 5.75 Å². The molecule has 2 aromatic rings. The standard InChI is InChI=1S/C22H30N3O9PS/c1-13(2)32-19(28)14(3)24-35(30,34-15-8-6-5-7-9-15)31-12-16-18(27)22(4,29)20(33-16)25-11-10-17(26)23-21(25)36/h5-11,13-14,16,18,20,27,29H,12H2,1-4H3,(H,24,30)(H,23,26,36)/t14-,16?,18?,20+,22+,35?/m0/s1. The maximum Gasteiger partial charge on any atom is 0.459 e. The topological polar surface area (TPSA) is 161 Å². The van der Waals surface area contributed by atoms with E-state index in [0.717, 1.165) is 0 Å². The largest absolute Gasteiger partial charge is 0.462 e. The fourth-order valence-electron chi connectivity index (χ4n) is 3.50. The molecule has 3 unspecified atom stereocenters. The summed E-state index contributed by atoms with van der Waals surface area (Å²) in [5.74, 6) is -0.465. The van der Waals surface area contributed by atoms with Gasteiger partial charge in [-0.15, -0.1) is 0 Å². The van der Waals surface area contributed by atoms with Crippen LogP contribution in [0.15, 0.2) is 47.4 Å². The molecule has 1 saturated heterocycles. The molecule has 0 bridgehead atoms. The lowest BCUT2D eigenvalue weighted by atomic mass is 9.96. The first-order chi connectivity index (χ1) is 16.8. The smallest absolute Gasteiger partial charge is 0.459 e. The molecule has 12 nitrogen and oxygen atoms in total. The van der Waals surface area contributed by atoms with Crippen molar-refractivity contribution in [3.05, 3.63) is 57.7 Å². The van der Waals surface area contributed by atoms with Gasteiger partial charge in [-0.1, -0.05) is 18.2 Å². The first-order valence-electron chi connectivity index (χ1n) is 11.2. The number of para-hydroxylation sites is 1. The number of H-pyrrole nitrogens is 1. The Balaban J connectivity index is 1.80. The van der Waals surface area contributed by atoms with Crippen molar-refractivity contribution < 1.29 is 38.1 Å². The highest BCUT2D eigenvalue weighted by atomic mass is 32.1. The summed E-state index contributed by atoms with van der Waals surface area (Å²) in [4.78, 5) is 26.2. The zero-order valence-corrected chi connectivity index (χ0v) is 21.9.